The number of rotatable bonds is 7. The van der Waals surface area contributed by atoms with Crippen LogP contribution in [0.3, 0.4) is 0 Å². The normalized spacial score (nSPS) is 13.7. The first kappa shape index (κ1) is 18.5. The minimum absolute atomic E-state index is 0.0119. The van der Waals surface area contributed by atoms with Gasteiger partial charge in [-0.1, -0.05) is 18.2 Å². The molecule has 0 aliphatic carbocycles. The van der Waals surface area contributed by atoms with Gasteiger partial charge in [0.05, 0.1) is 25.1 Å². The summed E-state index contributed by atoms with van der Waals surface area (Å²) in [6.45, 7) is 1.23. The van der Waals surface area contributed by atoms with Gasteiger partial charge in [-0.2, -0.15) is 0 Å². The van der Waals surface area contributed by atoms with E-state index in [-0.39, 0.29) is 24.1 Å². The van der Waals surface area contributed by atoms with Crippen LogP contribution in [0.4, 0.5) is 0 Å². The first-order chi connectivity index (χ1) is 12.6. The topological polar surface area (TPSA) is 93.3 Å². The summed E-state index contributed by atoms with van der Waals surface area (Å²) in [6, 6.07) is 3.55. The highest BCUT2D eigenvalue weighted by Gasteiger charge is 2.18. The summed E-state index contributed by atoms with van der Waals surface area (Å²) in [5.41, 5.74) is 0. The van der Waals surface area contributed by atoms with Crippen LogP contribution in [0.5, 0.6) is 0 Å². The van der Waals surface area contributed by atoms with Crippen LogP contribution in [0, 0.1) is 0 Å². The van der Waals surface area contributed by atoms with Crippen LogP contribution < -0.4 is 5.32 Å². The molecule has 0 saturated carbocycles. The van der Waals surface area contributed by atoms with Gasteiger partial charge in [-0.05, 0) is 25.0 Å². The van der Waals surface area contributed by atoms with Crippen molar-refractivity contribution in [1.29, 1.82) is 0 Å². The van der Waals surface area contributed by atoms with Crippen molar-refractivity contribution in [3.8, 4) is 0 Å². The molecule has 0 fully saturated rings. The van der Waals surface area contributed by atoms with Crippen molar-refractivity contribution in [1.82, 2.24) is 25.0 Å². The minimum Gasteiger partial charge on any atom is -0.467 e. The highest BCUT2D eigenvalue weighted by molar-refractivity contribution is 7.99. The molecule has 1 aliphatic rings. The average Bonchev–Trinajstić information content (AvgIpc) is 3.22. The van der Waals surface area contributed by atoms with Crippen molar-refractivity contribution < 1.29 is 14.0 Å². The molecule has 0 bridgehead atoms. The molecule has 0 unspecified atom stereocenters. The van der Waals surface area contributed by atoms with E-state index in [1.54, 1.807) is 25.4 Å². The molecule has 0 atom stereocenters. The maximum Gasteiger partial charge on any atom is 0.239 e. The minimum atomic E-state index is -0.224. The molecule has 9 heteroatoms. The van der Waals surface area contributed by atoms with Gasteiger partial charge >= 0.3 is 0 Å². The maximum absolute atomic E-state index is 12.3. The Labute approximate surface area is 156 Å². The Morgan fingerprint density at radius 1 is 1.35 bits per heavy atom. The van der Waals surface area contributed by atoms with Crippen LogP contribution in [0.1, 0.15) is 30.8 Å². The zero-order chi connectivity index (χ0) is 18.4. The fourth-order valence-corrected chi connectivity index (χ4v) is 3.68. The number of hydrogen-bond donors (Lipinski definition) is 1. The molecule has 0 saturated heterocycles. The lowest BCUT2D eigenvalue weighted by Gasteiger charge is -2.16. The van der Waals surface area contributed by atoms with Crippen LogP contribution in [-0.4, -0.2) is 50.8 Å². The van der Waals surface area contributed by atoms with Crippen molar-refractivity contribution in [2.24, 2.45) is 0 Å². The van der Waals surface area contributed by atoms with E-state index >= 15 is 0 Å². The smallest absolute Gasteiger partial charge is 0.239 e. The van der Waals surface area contributed by atoms with Crippen LogP contribution >= 0.6 is 11.8 Å². The number of nitrogens with zero attached hydrogens (tertiary/aromatic N) is 4. The molecule has 26 heavy (non-hydrogen) atoms. The van der Waals surface area contributed by atoms with Gasteiger partial charge in [-0.3, -0.25) is 9.59 Å². The monoisotopic (exact) mass is 377 g/mol. The van der Waals surface area contributed by atoms with E-state index in [0.29, 0.717) is 12.3 Å². The number of nitrogens with one attached hydrogen (secondary N) is 1. The van der Waals surface area contributed by atoms with Crippen molar-refractivity contribution >= 4 is 23.6 Å². The summed E-state index contributed by atoms with van der Waals surface area (Å²) in [4.78, 5) is 25.6. The summed E-state index contributed by atoms with van der Waals surface area (Å²) < 4.78 is 7.27. The van der Waals surface area contributed by atoms with E-state index in [1.165, 1.54) is 23.1 Å². The highest BCUT2D eigenvalue weighted by Crippen LogP contribution is 2.21. The fraction of sp³-hybridized carbons (Fsp3) is 0.529. The first-order valence-electron chi connectivity index (χ1n) is 8.71. The number of likely N-dealkylation sites (N-methyl/N-ethyl adjacent to an activating group) is 1. The van der Waals surface area contributed by atoms with Crippen molar-refractivity contribution in [2.45, 2.75) is 43.9 Å². The summed E-state index contributed by atoms with van der Waals surface area (Å²) in [5.74, 6) is 1.58. The predicted molar refractivity (Wildman–Crippen MR) is 96.5 cm³/mol. The number of carbonyl (C=O) groups excluding carboxylic acids is 2. The molecule has 1 N–H and O–H groups in total. The van der Waals surface area contributed by atoms with Gasteiger partial charge in [0, 0.05) is 20.0 Å². The fourth-order valence-electron chi connectivity index (χ4n) is 2.76. The molecular weight excluding hydrogens is 354 g/mol. The Morgan fingerprint density at radius 2 is 2.23 bits per heavy atom. The van der Waals surface area contributed by atoms with E-state index in [0.717, 1.165) is 36.8 Å². The van der Waals surface area contributed by atoms with E-state index in [1.807, 2.05) is 0 Å². The number of furan rings is 1. The predicted octanol–water partition coefficient (Wildman–Crippen LogP) is 1.46. The third kappa shape index (κ3) is 4.87. The molecule has 3 rings (SSSR count). The number of carbonyl (C=O) groups is 2. The van der Waals surface area contributed by atoms with Crippen LogP contribution in [0.2, 0.25) is 0 Å². The Balaban J connectivity index is 1.44. The van der Waals surface area contributed by atoms with E-state index in [4.69, 9.17) is 4.42 Å². The summed E-state index contributed by atoms with van der Waals surface area (Å²) in [5, 5.41) is 11.9. The SMILES string of the molecule is CN(CC(=O)NCc1ccco1)C(=O)CSc1nnc2n1CCCCC2. The second kappa shape index (κ2) is 8.88. The second-order valence-corrected chi connectivity index (χ2v) is 7.20. The molecule has 8 nitrogen and oxygen atoms in total. The first-order valence-corrected chi connectivity index (χ1v) is 9.70. The zero-order valence-electron chi connectivity index (χ0n) is 14.8. The molecule has 3 heterocycles. The Kier molecular flexibility index (Phi) is 6.32. The zero-order valence-corrected chi connectivity index (χ0v) is 15.6. The Bertz CT molecular complexity index is 744. The number of hydrogen-bond acceptors (Lipinski definition) is 6. The number of fused-ring (bicyclic) bond motifs is 1. The van der Waals surface area contributed by atoms with Crippen molar-refractivity contribution in [3.05, 3.63) is 30.0 Å². The Hall–Kier alpha value is -2.29. The van der Waals surface area contributed by atoms with Gasteiger partial charge in [-0.15, -0.1) is 10.2 Å². The number of aromatic nitrogens is 3. The van der Waals surface area contributed by atoms with Gasteiger partial charge in [0.1, 0.15) is 11.6 Å². The molecule has 1 aliphatic heterocycles. The quantitative estimate of drug-likeness (QED) is 0.735. The van der Waals surface area contributed by atoms with Gasteiger partial charge in [-0.25, -0.2) is 0 Å². The molecule has 2 aromatic rings. The standard InChI is InChI=1S/C17H23N5O3S/c1-21(11-15(23)18-10-13-6-5-9-25-13)16(24)12-26-17-20-19-14-7-3-2-4-8-22(14)17/h5-6,9H,2-4,7-8,10-12H2,1H3,(H,18,23). The van der Waals surface area contributed by atoms with Crippen molar-refractivity contribution in [3.63, 3.8) is 0 Å². The molecule has 140 valence electrons. The van der Waals surface area contributed by atoms with Crippen LogP contribution in [0.15, 0.2) is 28.0 Å². The van der Waals surface area contributed by atoms with Gasteiger partial charge < -0.3 is 19.2 Å². The number of thioether (sulfide) groups is 1. The third-order valence-corrected chi connectivity index (χ3v) is 5.20. The van der Waals surface area contributed by atoms with Crippen LogP contribution in [0.25, 0.3) is 0 Å². The lowest BCUT2D eigenvalue weighted by atomic mass is 10.2. The molecule has 2 amide bonds. The summed E-state index contributed by atoms with van der Waals surface area (Å²) in [7, 11) is 1.62. The van der Waals surface area contributed by atoms with Gasteiger partial charge in [0.15, 0.2) is 5.16 Å². The number of amides is 2. The van der Waals surface area contributed by atoms with E-state index in [9.17, 15) is 9.59 Å². The molecule has 0 radical (unpaired) electrons. The van der Waals surface area contributed by atoms with Gasteiger partial charge in [0.25, 0.3) is 0 Å². The summed E-state index contributed by atoms with van der Waals surface area (Å²) in [6.07, 6.45) is 5.94. The molecule has 0 aromatic carbocycles. The second-order valence-electron chi connectivity index (χ2n) is 6.26. The van der Waals surface area contributed by atoms with Crippen molar-refractivity contribution in [2.75, 3.05) is 19.3 Å². The number of aryl methyl sites for hydroxylation is 1. The highest BCUT2D eigenvalue weighted by atomic mass is 32.2. The van der Waals surface area contributed by atoms with E-state index < -0.39 is 0 Å². The third-order valence-electron chi connectivity index (χ3n) is 4.25. The van der Waals surface area contributed by atoms with E-state index in [2.05, 4.69) is 20.1 Å². The van der Waals surface area contributed by atoms with Crippen LogP contribution in [-0.2, 0) is 29.1 Å². The lowest BCUT2D eigenvalue weighted by molar-refractivity contribution is -0.132. The summed E-state index contributed by atoms with van der Waals surface area (Å²) >= 11 is 1.38. The van der Waals surface area contributed by atoms with Gasteiger partial charge in [0.2, 0.25) is 11.8 Å². The largest absolute Gasteiger partial charge is 0.467 e. The molecular formula is C17H23N5O3S. The average molecular weight is 377 g/mol. The molecule has 0 spiro atoms. The molecule has 2 aromatic heterocycles. The Morgan fingerprint density at radius 3 is 3.04 bits per heavy atom. The maximum atomic E-state index is 12.3. The lowest BCUT2D eigenvalue weighted by Crippen LogP contribution is -2.38.